The highest BCUT2D eigenvalue weighted by Gasteiger charge is 2.24. The summed E-state index contributed by atoms with van der Waals surface area (Å²) in [5.41, 5.74) is 0.398. The van der Waals surface area contributed by atoms with Crippen molar-refractivity contribution in [2.45, 2.75) is 38.9 Å². The lowest BCUT2D eigenvalue weighted by molar-refractivity contribution is -0.133. The van der Waals surface area contributed by atoms with Crippen molar-refractivity contribution in [1.82, 2.24) is 24.4 Å². The molecule has 1 aliphatic heterocycles. The van der Waals surface area contributed by atoms with Crippen molar-refractivity contribution < 1.29 is 4.79 Å². The van der Waals surface area contributed by atoms with Gasteiger partial charge in [-0.3, -0.25) is 9.20 Å². The van der Waals surface area contributed by atoms with Gasteiger partial charge in [-0.25, -0.2) is 9.48 Å². The van der Waals surface area contributed by atoms with Crippen LogP contribution in [0.1, 0.15) is 20.3 Å². The largest absolute Gasteiger partial charge is 0.350 e. The second kappa shape index (κ2) is 5.92. The first-order valence-electron chi connectivity index (χ1n) is 7.62. The maximum Gasteiger partial charge on any atom is 0.350 e. The van der Waals surface area contributed by atoms with Crippen LogP contribution in [0.4, 0.5) is 0 Å². The van der Waals surface area contributed by atoms with Gasteiger partial charge in [0, 0.05) is 37.8 Å². The lowest BCUT2D eigenvalue weighted by Gasteiger charge is -2.36. The summed E-state index contributed by atoms with van der Waals surface area (Å²) in [6, 6.07) is 5.99. The molecule has 7 heteroatoms. The van der Waals surface area contributed by atoms with E-state index < -0.39 is 0 Å². The molecule has 1 N–H and O–H groups in total. The quantitative estimate of drug-likeness (QED) is 0.872. The van der Waals surface area contributed by atoms with Crippen molar-refractivity contribution in [2.75, 3.05) is 13.1 Å². The van der Waals surface area contributed by atoms with E-state index in [1.807, 2.05) is 11.0 Å². The van der Waals surface area contributed by atoms with Gasteiger partial charge in [0.2, 0.25) is 5.91 Å². The van der Waals surface area contributed by atoms with Crippen LogP contribution in [0, 0.1) is 0 Å². The van der Waals surface area contributed by atoms with E-state index >= 15 is 0 Å². The van der Waals surface area contributed by atoms with Gasteiger partial charge in [0.1, 0.15) is 0 Å². The van der Waals surface area contributed by atoms with Crippen LogP contribution in [0.2, 0.25) is 0 Å². The first-order chi connectivity index (χ1) is 10.5. The highest BCUT2D eigenvalue weighted by atomic mass is 16.2. The van der Waals surface area contributed by atoms with E-state index in [-0.39, 0.29) is 11.6 Å². The Hall–Kier alpha value is -2.15. The predicted octanol–water partition coefficient (Wildman–Crippen LogP) is 0.0949. The molecule has 0 spiro atoms. The van der Waals surface area contributed by atoms with Crippen LogP contribution in [0.25, 0.3) is 5.65 Å². The Morgan fingerprint density at radius 3 is 2.73 bits per heavy atom. The molecule has 0 aromatic carbocycles. The number of rotatable bonds is 3. The van der Waals surface area contributed by atoms with Gasteiger partial charge < -0.3 is 10.2 Å². The molecule has 1 aliphatic rings. The minimum Gasteiger partial charge on any atom is -0.340 e. The van der Waals surface area contributed by atoms with Crippen molar-refractivity contribution in [3.8, 4) is 0 Å². The predicted molar refractivity (Wildman–Crippen MR) is 82.7 cm³/mol. The van der Waals surface area contributed by atoms with Gasteiger partial charge in [0.05, 0.1) is 6.54 Å². The average Bonchev–Trinajstić information content (AvgIpc) is 2.81. The number of pyridine rings is 1. The number of amides is 1. The molecule has 3 rings (SSSR count). The molecule has 1 saturated heterocycles. The summed E-state index contributed by atoms with van der Waals surface area (Å²) >= 11 is 0. The Bertz CT molecular complexity index is 725. The van der Waals surface area contributed by atoms with Gasteiger partial charge in [-0.2, -0.15) is 0 Å². The molecule has 0 aliphatic carbocycles. The Morgan fingerprint density at radius 1 is 1.32 bits per heavy atom. The number of carbonyl (C=O) groups is 1. The number of nitrogens with one attached hydrogen (secondary N) is 1. The third-order valence-electron chi connectivity index (χ3n) is 3.94. The smallest absolute Gasteiger partial charge is 0.340 e. The van der Waals surface area contributed by atoms with Crippen molar-refractivity contribution in [1.29, 1.82) is 0 Å². The molecular formula is C15H21N5O2. The Morgan fingerprint density at radius 2 is 2.05 bits per heavy atom. The molecule has 2 aromatic rings. The number of hydrogen-bond acceptors (Lipinski definition) is 4. The third-order valence-corrected chi connectivity index (χ3v) is 3.94. The molecule has 118 valence electrons. The fraction of sp³-hybridized carbons (Fsp3) is 0.533. The van der Waals surface area contributed by atoms with E-state index in [0.29, 0.717) is 43.8 Å². The van der Waals surface area contributed by atoms with Gasteiger partial charge >= 0.3 is 5.69 Å². The molecule has 0 saturated carbocycles. The first-order valence-corrected chi connectivity index (χ1v) is 7.62. The standard InChI is InChI=1S/C15H21N5O2/c1-11-9-18(10-12(2)16-11)14(21)6-8-20-15(22)19-7-4-3-5-13(19)17-20/h3-5,7,11-12,16H,6,8-10H2,1-2H3/t11-,12+. The first kappa shape index (κ1) is 14.8. The lowest BCUT2D eigenvalue weighted by atomic mass is 10.1. The van der Waals surface area contributed by atoms with Crippen LogP contribution in [0.3, 0.4) is 0 Å². The van der Waals surface area contributed by atoms with Gasteiger partial charge in [-0.1, -0.05) is 6.07 Å². The summed E-state index contributed by atoms with van der Waals surface area (Å²) in [5.74, 6) is 0.0733. The number of nitrogens with zero attached hydrogens (tertiary/aromatic N) is 4. The maximum atomic E-state index is 12.3. The lowest BCUT2D eigenvalue weighted by Crippen LogP contribution is -2.56. The number of fused-ring (bicyclic) bond motifs is 1. The van der Waals surface area contributed by atoms with Crippen molar-refractivity contribution in [2.24, 2.45) is 0 Å². The molecule has 22 heavy (non-hydrogen) atoms. The second-order valence-electron chi connectivity index (χ2n) is 5.95. The van der Waals surface area contributed by atoms with Crippen LogP contribution in [0.5, 0.6) is 0 Å². The van der Waals surface area contributed by atoms with E-state index in [2.05, 4.69) is 24.3 Å². The highest BCUT2D eigenvalue weighted by molar-refractivity contribution is 5.76. The second-order valence-corrected chi connectivity index (χ2v) is 5.95. The van der Waals surface area contributed by atoms with Crippen LogP contribution in [-0.2, 0) is 11.3 Å². The normalized spacial score (nSPS) is 22.2. The average molecular weight is 303 g/mol. The highest BCUT2D eigenvalue weighted by Crippen LogP contribution is 2.06. The van der Waals surface area contributed by atoms with Crippen molar-refractivity contribution in [3.05, 3.63) is 34.9 Å². The zero-order valence-corrected chi connectivity index (χ0v) is 12.9. The number of aryl methyl sites for hydroxylation is 1. The third kappa shape index (κ3) is 2.89. The SMILES string of the molecule is C[C@@H]1CN(C(=O)CCn2nc3ccccn3c2=O)C[C@H](C)N1. The van der Waals surface area contributed by atoms with E-state index in [1.165, 1.54) is 9.08 Å². The van der Waals surface area contributed by atoms with E-state index in [4.69, 9.17) is 0 Å². The monoisotopic (exact) mass is 303 g/mol. The minimum absolute atomic E-state index is 0.0733. The molecule has 2 atom stereocenters. The molecule has 0 unspecified atom stereocenters. The molecular weight excluding hydrogens is 282 g/mol. The summed E-state index contributed by atoms with van der Waals surface area (Å²) in [6.45, 7) is 5.88. The number of piperazine rings is 1. The van der Waals surface area contributed by atoms with E-state index in [9.17, 15) is 9.59 Å². The Kier molecular flexibility index (Phi) is 3.98. The van der Waals surface area contributed by atoms with Gasteiger partial charge in [0.15, 0.2) is 5.65 Å². The van der Waals surface area contributed by atoms with Gasteiger partial charge in [0.25, 0.3) is 0 Å². The van der Waals surface area contributed by atoms with Crippen LogP contribution >= 0.6 is 0 Å². The Labute approximate surface area is 128 Å². The molecule has 7 nitrogen and oxygen atoms in total. The van der Waals surface area contributed by atoms with E-state index in [0.717, 1.165) is 0 Å². The summed E-state index contributed by atoms with van der Waals surface area (Å²) < 4.78 is 2.85. The van der Waals surface area contributed by atoms with Crippen LogP contribution < -0.4 is 11.0 Å². The molecule has 1 amide bonds. The van der Waals surface area contributed by atoms with E-state index in [1.54, 1.807) is 18.3 Å². The van der Waals surface area contributed by atoms with Gasteiger partial charge in [-0.05, 0) is 26.0 Å². The van der Waals surface area contributed by atoms with Crippen molar-refractivity contribution in [3.63, 3.8) is 0 Å². The zero-order chi connectivity index (χ0) is 15.7. The fourth-order valence-corrected chi connectivity index (χ4v) is 3.00. The topological polar surface area (TPSA) is 71.6 Å². The summed E-state index contributed by atoms with van der Waals surface area (Å²) in [6.07, 6.45) is 1.98. The Balaban J connectivity index is 1.67. The summed E-state index contributed by atoms with van der Waals surface area (Å²) in [5, 5.41) is 7.64. The van der Waals surface area contributed by atoms with Crippen LogP contribution in [-0.4, -0.2) is 50.2 Å². The molecule has 0 bridgehead atoms. The number of hydrogen-bond donors (Lipinski definition) is 1. The van der Waals surface area contributed by atoms with Crippen molar-refractivity contribution >= 4 is 11.6 Å². The zero-order valence-electron chi connectivity index (χ0n) is 12.9. The summed E-state index contributed by atoms with van der Waals surface area (Å²) in [4.78, 5) is 26.4. The number of carbonyl (C=O) groups excluding carboxylic acids is 1. The molecule has 3 heterocycles. The molecule has 0 radical (unpaired) electrons. The maximum absolute atomic E-state index is 12.3. The van der Waals surface area contributed by atoms with Gasteiger partial charge in [-0.15, -0.1) is 5.10 Å². The fourth-order valence-electron chi connectivity index (χ4n) is 3.00. The van der Waals surface area contributed by atoms with Crippen LogP contribution in [0.15, 0.2) is 29.2 Å². The molecule has 1 fully saturated rings. The summed E-state index contributed by atoms with van der Waals surface area (Å²) in [7, 11) is 0. The molecule has 2 aromatic heterocycles. The minimum atomic E-state index is -0.203. The number of aromatic nitrogens is 3.